The Hall–Kier alpha value is -3.98. The van der Waals surface area contributed by atoms with Crippen LogP contribution in [0.15, 0.2) is 64.2 Å². The first-order chi connectivity index (χ1) is 16.9. The number of aryl methyl sites for hydroxylation is 1. The highest BCUT2D eigenvalue weighted by Gasteiger charge is 2.28. The molecular weight excluding hydrogens is 462 g/mol. The molecule has 0 unspecified atom stereocenters. The number of carbonyl (C=O) groups excluding carboxylic acids is 1. The van der Waals surface area contributed by atoms with Crippen molar-refractivity contribution in [1.29, 1.82) is 0 Å². The van der Waals surface area contributed by atoms with Crippen LogP contribution >= 0.6 is 11.3 Å². The quantitative estimate of drug-likeness (QED) is 0.340. The number of nitrogens with one attached hydrogen (secondary N) is 3. The molecule has 35 heavy (non-hydrogen) atoms. The number of nitrogens with zero attached hydrogens (tertiary/aromatic N) is 1. The van der Waals surface area contributed by atoms with E-state index in [4.69, 9.17) is 10.7 Å². The summed E-state index contributed by atoms with van der Waals surface area (Å²) in [6, 6.07) is 18.7. The van der Waals surface area contributed by atoms with Gasteiger partial charge in [-0.25, -0.2) is 9.78 Å². The Balaban J connectivity index is 1.27. The van der Waals surface area contributed by atoms with E-state index in [1.807, 2.05) is 30.1 Å². The van der Waals surface area contributed by atoms with Gasteiger partial charge in [0.15, 0.2) is 0 Å². The number of rotatable bonds is 5. The topological polar surface area (TPSA) is 134 Å². The largest absolute Gasteiger partial charge is 0.392 e. The molecular formula is C26H25N5O3S. The van der Waals surface area contributed by atoms with E-state index in [0.717, 1.165) is 46.0 Å². The number of nitrogens with two attached hydrogens (primary N) is 1. The van der Waals surface area contributed by atoms with Crippen LogP contribution in [0.5, 0.6) is 0 Å². The Kier molecular flexibility index (Phi) is 6.08. The van der Waals surface area contributed by atoms with Crippen LogP contribution in [0.2, 0.25) is 0 Å². The molecule has 1 fully saturated rings. The van der Waals surface area contributed by atoms with Gasteiger partial charge >= 0.3 is 5.69 Å². The molecule has 1 aliphatic carbocycles. The highest BCUT2D eigenvalue weighted by molar-refractivity contribution is 7.18. The van der Waals surface area contributed by atoms with Crippen LogP contribution in [0.25, 0.3) is 21.0 Å². The van der Waals surface area contributed by atoms with Gasteiger partial charge in [0.25, 0.3) is 11.5 Å². The van der Waals surface area contributed by atoms with Crippen LogP contribution in [-0.2, 0) is 0 Å². The zero-order chi connectivity index (χ0) is 24.5. The van der Waals surface area contributed by atoms with E-state index in [2.05, 4.69) is 46.7 Å². The minimum Gasteiger partial charge on any atom is -0.392 e. The maximum absolute atomic E-state index is 12.6. The van der Waals surface area contributed by atoms with Crippen LogP contribution in [0.4, 0.5) is 5.69 Å². The van der Waals surface area contributed by atoms with E-state index in [0.29, 0.717) is 5.92 Å². The molecule has 0 spiro atoms. The Morgan fingerprint density at radius 1 is 1.03 bits per heavy atom. The SMILES string of the molecule is Cc1nc(-c2ccccc2)sc1-c1ccc([C@@H]2CC[C@H](NC(=O)c3[nH]c(=O)[nH]c(=O)c3N)C2)cc1. The van der Waals surface area contributed by atoms with Crippen molar-refractivity contribution in [3.63, 3.8) is 0 Å². The molecule has 1 saturated carbocycles. The average molecular weight is 488 g/mol. The number of nitrogen functional groups attached to an aromatic ring is 1. The fourth-order valence-electron chi connectivity index (χ4n) is 4.62. The monoisotopic (exact) mass is 487 g/mol. The predicted molar refractivity (Wildman–Crippen MR) is 138 cm³/mol. The van der Waals surface area contributed by atoms with Crippen LogP contribution in [0.3, 0.4) is 0 Å². The average Bonchev–Trinajstić information content (AvgIpc) is 3.48. The Labute approximate surface area is 205 Å². The lowest BCUT2D eigenvalue weighted by molar-refractivity contribution is 0.0933. The molecule has 0 saturated heterocycles. The maximum Gasteiger partial charge on any atom is 0.326 e. The van der Waals surface area contributed by atoms with Crippen molar-refractivity contribution in [2.75, 3.05) is 5.73 Å². The van der Waals surface area contributed by atoms with Gasteiger partial charge in [-0.3, -0.25) is 14.6 Å². The summed E-state index contributed by atoms with van der Waals surface area (Å²) in [4.78, 5) is 46.0. The number of hydrogen-bond donors (Lipinski definition) is 4. The molecule has 178 valence electrons. The van der Waals surface area contributed by atoms with Crippen molar-refractivity contribution < 1.29 is 4.79 Å². The molecule has 2 heterocycles. The van der Waals surface area contributed by atoms with Crippen molar-refractivity contribution in [3.05, 3.63) is 92.4 Å². The second-order valence-electron chi connectivity index (χ2n) is 8.80. The standard InChI is InChI=1S/C26H25N5O3S/c1-14-22(35-25(28-14)17-5-3-2-4-6-17)16-9-7-15(8-10-16)18-11-12-19(13-18)29-24(33)21-20(27)23(32)31-26(34)30-21/h2-10,18-19H,11-13,27H2,1H3,(H,29,33)(H2,30,31,32,34)/t18-,19+/m1/s1. The molecule has 5 rings (SSSR count). The molecule has 2 aromatic heterocycles. The minimum absolute atomic E-state index is 0.0634. The first-order valence-corrected chi connectivity index (χ1v) is 12.3. The first kappa shape index (κ1) is 22.8. The lowest BCUT2D eigenvalue weighted by Crippen LogP contribution is -2.37. The van der Waals surface area contributed by atoms with Crippen LogP contribution in [0.1, 0.15) is 46.9 Å². The smallest absolute Gasteiger partial charge is 0.326 e. The zero-order valence-corrected chi connectivity index (χ0v) is 19.9. The van der Waals surface area contributed by atoms with Gasteiger partial charge in [-0.15, -0.1) is 11.3 Å². The third-order valence-electron chi connectivity index (χ3n) is 6.44. The third kappa shape index (κ3) is 4.67. The molecule has 0 aliphatic heterocycles. The first-order valence-electron chi connectivity index (χ1n) is 11.4. The van der Waals surface area contributed by atoms with E-state index < -0.39 is 17.2 Å². The van der Waals surface area contributed by atoms with E-state index in [1.54, 1.807) is 11.3 Å². The van der Waals surface area contributed by atoms with Crippen LogP contribution in [0, 0.1) is 6.92 Å². The molecule has 8 nitrogen and oxygen atoms in total. The second-order valence-corrected chi connectivity index (χ2v) is 9.80. The number of anilines is 1. The number of H-pyrrole nitrogens is 2. The third-order valence-corrected chi connectivity index (χ3v) is 7.69. The summed E-state index contributed by atoms with van der Waals surface area (Å²) in [7, 11) is 0. The van der Waals surface area contributed by atoms with E-state index >= 15 is 0 Å². The van der Waals surface area contributed by atoms with Crippen LogP contribution < -0.4 is 22.3 Å². The van der Waals surface area contributed by atoms with Crippen molar-refractivity contribution in [2.45, 2.75) is 38.1 Å². The maximum atomic E-state index is 12.6. The predicted octanol–water partition coefficient (Wildman–Crippen LogP) is 3.81. The molecule has 0 bridgehead atoms. The zero-order valence-electron chi connectivity index (χ0n) is 19.1. The summed E-state index contributed by atoms with van der Waals surface area (Å²) in [5.74, 6) is -0.228. The summed E-state index contributed by atoms with van der Waals surface area (Å²) in [6.45, 7) is 2.04. The Bertz CT molecular complexity index is 1490. The number of benzene rings is 2. The van der Waals surface area contributed by atoms with Gasteiger partial charge in [0.05, 0.1) is 10.6 Å². The summed E-state index contributed by atoms with van der Waals surface area (Å²) < 4.78 is 0. The Morgan fingerprint density at radius 2 is 1.77 bits per heavy atom. The highest BCUT2D eigenvalue weighted by Crippen LogP contribution is 2.38. The van der Waals surface area contributed by atoms with Crippen LogP contribution in [-0.4, -0.2) is 26.9 Å². The van der Waals surface area contributed by atoms with Crippen molar-refractivity contribution >= 4 is 22.9 Å². The van der Waals surface area contributed by atoms with E-state index in [-0.39, 0.29) is 17.4 Å². The highest BCUT2D eigenvalue weighted by atomic mass is 32.1. The minimum atomic E-state index is -0.768. The molecule has 2 atom stereocenters. The van der Waals surface area contributed by atoms with Crippen molar-refractivity contribution in [1.82, 2.24) is 20.3 Å². The molecule has 9 heteroatoms. The number of carbonyl (C=O) groups is 1. The summed E-state index contributed by atoms with van der Waals surface area (Å²) >= 11 is 1.69. The second kappa shape index (κ2) is 9.34. The van der Waals surface area contributed by atoms with Gasteiger partial charge in [-0.05, 0) is 43.2 Å². The molecule has 1 aliphatic rings. The number of aromatic nitrogens is 3. The summed E-state index contributed by atoms with van der Waals surface area (Å²) in [5.41, 5.74) is 8.16. The van der Waals surface area contributed by atoms with Gasteiger partial charge in [0.1, 0.15) is 16.4 Å². The van der Waals surface area contributed by atoms with Gasteiger partial charge in [0, 0.05) is 11.6 Å². The Morgan fingerprint density at radius 3 is 2.51 bits per heavy atom. The molecule has 1 amide bonds. The lowest BCUT2D eigenvalue weighted by Gasteiger charge is -2.14. The number of aromatic amines is 2. The summed E-state index contributed by atoms with van der Waals surface area (Å²) in [6.07, 6.45) is 2.51. The number of thiazole rings is 1. The lowest BCUT2D eigenvalue weighted by atomic mass is 9.96. The molecule has 2 aromatic carbocycles. The fraction of sp³-hybridized carbons (Fsp3) is 0.231. The fourth-order valence-corrected chi connectivity index (χ4v) is 5.70. The van der Waals surface area contributed by atoms with Gasteiger partial charge < -0.3 is 16.0 Å². The number of hydrogen-bond acceptors (Lipinski definition) is 6. The van der Waals surface area contributed by atoms with E-state index in [1.165, 1.54) is 5.56 Å². The molecule has 0 radical (unpaired) electrons. The van der Waals surface area contributed by atoms with E-state index in [9.17, 15) is 14.4 Å². The van der Waals surface area contributed by atoms with Crippen molar-refractivity contribution in [2.24, 2.45) is 0 Å². The molecule has 4 aromatic rings. The van der Waals surface area contributed by atoms with Gasteiger partial charge in [-0.2, -0.15) is 0 Å². The van der Waals surface area contributed by atoms with Gasteiger partial charge in [-0.1, -0.05) is 54.6 Å². The van der Waals surface area contributed by atoms with Gasteiger partial charge in [0.2, 0.25) is 0 Å². The summed E-state index contributed by atoms with van der Waals surface area (Å²) in [5, 5.41) is 3.92. The van der Waals surface area contributed by atoms with Crippen molar-refractivity contribution in [3.8, 4) is 21.0 Å². The molecule has 5 N–H and O–H groups in total. The normalized spacial score (nSPS) is 17.4. The number of amides is 1.